The number of carbonyl (C=O) groups excluding carboxylic acids is 2. The Labute approximate surface area is 131 Å². The average molecular weight is 317 g/mol. The first-order chi connectivity index (χ1) is 11.0. The van der Waals surface area contributed by atoms with E-state index < -0.39 is 41.9 Å². The van der Waals surface area contributed by atoms with E-state index in [4.69, 9.17) is 4.74 Å². The van der Waals surface area contributed by atoms with Crippen molar-refractivity contribution in [2.45, 2.75) is 12.2 Å². The first kappa shape index (κ1) is 15.2. The average Bonchev–Trinajstić information content (AvgIpc) is 3.15. The summed E-state index contributed by atoms with van der Waals surface area (Å²) in [4.78, 5) is 35.7. The number of amides is 1. The topological polar surface area (TPSA) is 102 Å². The molecule has 2 bridgehead atoms. The van der Waals surface area contributed by atoms with Crippen molar-refractivity contribution in [3.05, 3.63) is 42.0 Å². The summed E-state index contributed by atoms with van der Waals surface area (Å²) in [6.07, 6.45) is 2.20. The van der Waals surface area contributed by atoms with Crippen LogP contribution >= 0.6 is 0 Å². The Morgan fingerprint density at radius 1 is 1.13 bits per heavy atom. The fourth-order valence-electron chi connectivity index (χ4n) is 3.01. The second-order valence-electron chi connectivity index (χ2n) is 5.37. The number of carboxylic acid groups (broad SMARTS) is 1. The number of aliphatic carboxylic acids is 1. The van der Waals surface area contributed by atoms with Crippen LogP contribution in [-0.2, 0) is 19.1 Å². The van der Waals surface area contributed by atoms with Crippen LogP contribution in [-0.4, -0.2) is 42.3 Å². The first-order valence-corrected chi connectivity index (χ1v) is 7.07. The fourth-order valence-corrected chi connectivity index (χ4v) is 3.01. The maximum atomic E-state index is 12.5. The highest BCUT2D eigenvalue weighted by molar-refractivity contribution is 6.03. The number of fused-ring (bicyclic) bond motifs is 2. The lowest BCUT2D eigenvalue weighted by Crippen LogP contribution is -2.39. The number of carbonyl (C=O) groups is 3. The number of hydrogen-bond acceptors (Lipinski definition) is 5. The lowest BCUT2D eigenvalue weighted by Gasteiger charge is -2.21. The standard InChI is InChI=1S/C16H15NO6/c1-22-16(21)8-4-2-3-5-9(8)17-14(18)12-10-6-7-11(23-10)13(12)15(19)20/h2-7,10-13H,1H3,(H,17,18)(H,19,20)/t10-,11-,12+,13-/m0/s1. The number of para-hydroxylation sites is 1. The van der Waals surface area contributed by atoms with E-state index in [2.05, 4.69) is 10.1 Å². The summed E-state index contributed by atoms with van der Waals surface area (Å²) in [5.74, 6) is -3.93. The molecule has 2 N–H and O–H groups in total. The number of anilines is 1. The molecule has 0 spiro atoms. The van der Waals surface area contributed by atoms with Crippen molar-refractivity contribution in [1.29, 1.82) is 0 Å². The smallest absolute Gasteiger partial charge is 0.339 e. The molecular weight excluding hydrogens is 302 g/mol. The van der Waals surface area contributed by atoms with Gasteiger partial charge >= 0.3 is 11.9 Å². The Hall–Kier alpha value is -2.67. The molecule has 2 aliphatic heterocycles. The van der Waals surface area contributed by atoms with E-state index in [1.54, 1.807) is 30.4 Å². The molecule has 3 rings (SSSR count). The summed E-state index contributed by atoms with van der Waals surface area (Å²) in [5, 5.41) is 12.0. The summed E-state index contributed by atoms with van der Waals surface area (Å²) in [7, 11) is 1.25. The van der Waals surface area contributed by atoms with Crippen LogP contribution in [0.25, 0.3) is 0 Å². The zero-order chi connectivity index (χ0) is 16.6. The monoisotopic (exact) mass is 317 g/mol. The van der Waals surface area contributed by atoms with E-state index in [0.717, 1.165) is 0 Å². The number of nitrogens with one attached hydrogen (secondary N) is 1. The number of esters is 1. The minimum atomic E-state index is -1.08. The minimum absolute atomic E-state index is 0.204. The fraction of sp³-hybridized carbons (Fsp3) is 0.312. The van der Waals surface area contributed by atoms with E-state index in [0.29, 0.717) is 0 Å². The number of ether oxygens (including phenoxy) is 2. The van der Waals surface area contributed by atoms with Crippen molar-refractivity contribution < 1.29 is 29.0 Å². The van der Waals surface area contributed by atoms with Crippen LogP contribution in [0.2, 0.25) is 0 Å². The molecule has 2 heterocycles. The molecule has 4 atom stereocenters. The third-order valence-electron chi connectivity index (χ3n) is 4.08. The minimum Gasteiger partial charge on any atom is -0.481 e. The number of methoxy groups -OCH3 is 1. The van der Waals surface area contributed by atoms with Gasteiger partial charge in [-0.15, -0.1) is 0 Å². The predicted octanol–water partition coefficient (Wildman–Crippen LogP) is 1.07. The van der Waals surface area contributed by atoms with Crippen LogP contribution < -0.4 is 5.32 Å². The van der Waals surface area contributed by atoms with Gasteiger partial charge in [0.15, 0.2) is 0 Å². The number of hydrogen-bond donors (Lipinski definition) is 2. The second kappa shape index (κ2) is 5.85. The zero-order valence-corrected chi connectivity index (χ0v) is 12.3. The zero-order valence-electron chi connectivity index (χ0n) is 12.3. The summed E-state index contributed by atoms with van der Waals surface area (Å²) in [6, 6.07) is 6.39. The first-order valence-electron chi connectivity index (χ1n) is 7.07. The van der Waals surface area contributed by atoms with Crippen molar-refractivity contribution in [1.82, 2.24) is 0 Å². The van der Waals surface area contributed by atoms with Crippen molar-refractivity contribution in [3.63, 3.8) is 0 Å². The predicted molar refractivity (Wildman–Crippen MR) is 78.8 cm³/mol. The van der Waals surface area contributed by atoms with Gasteiger partial charge in [-0.2, -0.15) is 0 Å². The van der Waals surface area contributed by atoms with Crippen LogP contribution in [0, 0.1) is 11.8 Å². The van der Waals surface area contributed by atoms with Crippen LogP contribution in [0.1, 0.15) is 10.4 Å². The summed E-state index contributed by atoms with van der Waals surface area (Å²) in [6.45, 7) is 0. The van der Waals surface area contributed by atoms with Crippen LogP contribution in [0.4, 0.5) is 5.69 Å². The van der Waals surface area contributed by atoms with Gasteiger partial charge in [-0.1, -0.05) is 24.3 Å². The molecular formula is C16H15NO6. The second-order valence-corrected chi connectivity index (χ2v) is 5.37. The molecule has 0 saturated carbocycles. The highest BCUT2D eigenvalue weighted by Crippen LogP contribution is 2.40. The Kier molecular flexibility index (Phi) is 3.87. The van der Waals surface area contributed by atoms with E-state index in [1.165, 1.54) is 13.2 Å². The number of carboxylic acids is 1. The largest absolute Gasteiger partial charge is 0.481 e. The maximum Gasteiger partial charge on any atom is 0.339 e. The molecule has 7 nitrogen and oxygen atoms in total. The molecule has 7 heteroatoms. The Morgan fingerprint density at radius 2 is 1.78 bits per heavy atom. The molecule has 0 unspecified atom stereocenters. The van der Waals surface area contributed by atoms with E-state index >= 15 is 0 Å². The Morgan fingerprint density at radius 3 is 2.43 bits per heavy atom. The maximum absolute atomic E-state index is 12.5. The quantitative estimate of drug-likeness (QED) is 0.636. The molecule has 1 fully saturated rings. The number of rotatable bonds is 4. The highest BCUT2D eigenvalue weighted by Gasteiger charge is 2.53. The van der Waals surface area contributed by atoms with Crippen molar-refractivity contribution >= 4 is 23.5 Å². The molecule has 2 aliphatic rings. The number of benzene rings is 1. The van der Waals surface area contributed by atoms with Gasteiger partial charge < -0.3 is 19.9 Å². The van der Waals surface area contributed by atoms with Crippen molar-refractivity contribution in [2.75, 3.05) is 12.4 Å². The molecule has 1 aromatic rings. The molecule has 1 aromatic carbocycles. The van der Waals surface area contributed by atoms with Crippen LogP contribution in [0.5, 0.6) is 0 Å². The summed E-state index contributed by atoms with van der Waals surface area (Å²) in [5.41, 5.74) is 0.482. The van der Waals surface area contributed by atoms with Crippen LogP contribution in [0.3, 0.4) is 0 Å². The molecule has 0 aliphatic carbocycles. The molecule has 1 amide bonds. The van der Waals surface area contributed by atoms with Gasteiger partial charge in [0.05, 0.1) is 36.5 Å². The van der Waals surface area contributed by atoms with Gasteiger partial charge in [0.25, 0.3) is 0 Å². The lowest BCUT2D eigenvalue weighted by molar-refractivity contribution is -0.145. The van der Waals surface area contributed by atoms with Gasteiger partial charge in [0, 0.05) is 0 Å². The Balaban J connectivity index is 1.84. The lowest BCUT2D eigenvalue weighted by atomic mass is 9.82. The summed E-state index contributed by atoms with van der Waals surface area (Å²) < 4.78 is 10.1. The van der Waals surface area contributed by atoms with Gasteiger partial charge in [0.2, 0.25) is 5.91 Å². The van der Waals surface area contributed by atoms with Crippen molar-refractivity contribution in [3.8, 4) is 0 Å². The third kappa shape index (κ3) is 2.59. The SMILES string of the molecule is COC(=O)c1ccccc1NC(=O)[C@H]1[C@@H](C(=O)O)[C@@H]2C=C[C@@H]1O2. The third-order valence-corrected chi connectivity index (χ3v) is 4.08. The van der Waals surface area contributed by atoms with Gasteiger partial charge in [-0.3, -0.25) is 9.59 Å². The normalized spacial score (nSPS) is 27.7. The Bertz CT molecular complexity index is 698. The molecule has 1 saturated heterocycles. The summed E-state index contributed by atoms with van der Waals surface area (Å²) >= 11 is 0. The van der Waals surface area contributed by atoms with E-state index in [9.17, 15) is 19.5 Å². The van der Waals surface area contributed by atoms with Crippen LogP contribution in [0.15, 0.2) is 36.4 Å². The van der Waals surface area contributed by atoms with Crippen molar-refractivity contribution in [2.24, 2.45) is 11.8 Å². The molecule has 23 heavy (non-hydrogen) atoms. The van der Waals surface area contributed by atoms with E-state index in [1.807, 2.05) is 0 Å². The van der Waals surface area contributed by atoms with Gasteiger partial charge in [0.1, 0.15) is 5.92 Å². The van der Waals surface area contributed by atoms with E-state index in [-0.39, 0.29) is 11.3 Å². The van der Waals surface area contributed by atoms with Gasteiger partial charge in [-0.25, -0.2) is 4.79 Å². The van der Waals surface area contributed by atoms with Gasteiger partial charge in [-0.05, 0) is 12.1 Å². The molecule has 0 radical (unpaired) electrons. The molecule has 120 valence electrons. The highest BCUT2D eigenvalue weighted by atomic mass is 16.5. The molecule has 0 aromatic heterocycles.